The molecule has 0 aromatic rings. The first-order chi connectivity index (χ1) is 12.5. The molecule has 0 aromatic carbocycles. The molecule has 0 aromatic heterocycles. The van der Waals surface area contributed by atoms with E-state index >= 15 is 0 Å². The molecule has 0 N–H and O–H groups in total. The van der Waals surface area contributed by atoms with Crippen molar-refractivity contribution in [2.75, 3.05) is 0 Å². The molecule has 0 spiro atoms. The average Bonchev–Trinajstić information content (AvgIpc) is 2.60. The van der Waals surface area contributed by atoms with Crippen molar-refractivity contribution in [2.24, 2.45) is 0 Å². The van der Waals surface area contributed by atoms with Crippen LogP contribution < -0.4 is 10.2 Å². The third-order valence-electron chi connectivity index (χ3n) is 4.08. The van der Waals surface area contributed by atoms with E-state index in [0.29, 0.717) is 0 Å². The van der Waals surface area contributed by atoms with Crippen molar-refractivity contribution in [3.8, 4) is 0 Å². The number of aliphatic carboxylic acids is 2. The second-order valence-corrected chi connectivity index (χ2v) is 6.64. The quantitative estimate of drug-likeness (QED) is 0.143. The molecule has 0 amide bonds. The summed E-state index contributed by atoms with van der Waals surface area (Å²) < 4.78 is 0. The molecule has 0 aliphatic carbocycles. The van der Waals surface area contributed by atoms with Gasteiger partial charge in [-0.05, 0) is 51.4 Å². The summed E-state index contributed by atoms with van der Waals surface area (Å²) in [5.41, 5.74) is 0. The summed E-state index contributed by atoms with van der Waals surface area (Å²) in [6, 6.07) is 0. The molecule has 4 nitrogen and oxygen atoms in total. The van der Waals surface area contributed by atoms with E-state index in [4.69, 9.17) is 0 Å². The van der Waals surface area contributed by atoms with Crippen LogP contribution in [0.1, 0.15) is 103 Å². The average molecular weight is 576 g/mol. The first kappa shape index (κ1) is 31.0. The van der Waals surface area contributed by atoms with Crippen LogP contribution in [0.4, 0.5) is 0 Å². The van der Waals surface area contributed by atoms with Crippen LogP contribution in [0.25, 0.3) is 0 Å². The number of carbonyl (C=O) groups is 2. The van der Waals surface area contributed by atoms with Crippen molar-refractivity contribution in [3.05, 3.63) is 25.3 Å². The Balaban J connectivity index is -0.000000411. The molecule has 0 aliphatic heterocycles. The fourth-order valence-electron chi connectivity index (χ4n) is 2.53. The molecule has 5 heteroatoms. The van der Waals surface area contributed by atoms with Gasteiger partial charge in [-0.2, -0.15) is 0 Å². The molecule has 156 valence electrons. The topological polar surface area (TPSA) is 80.3 Å². The van der Waals surface area contributed by atoms with Crippen LogP contribution in [0.2, 0.25) is 0 Å². The number of hydrogen-bond acceptors (Lipinski definition) is 4. The minimum atomic E-state index is -0.924. The second-order valence-electron chi connectivity index (χ2n) is 6.64. The van der Waals surface area contributed by atoms with Gasteiger partial charge in [0.15, 0.2) is 0 Å². The van der Waals surface area contributed by atoms with Gasteiger partial charge in [0.05, 0.1) is 0 Å². The Morgan fingerprint density at radius 3 is 1.07 bits per heavy atom. The van der Waals surface area contributed by atoms with Gasteiger partial charge in [0.1, 0.15) is 0 Å². The Morgan fingerprint density at radius 1 is 0.556 bits per heavy atom. The van der Waals surface area contributed by atoms with Crippen LogP contribution in [0.5, 0.6) is 0 Å². The van der Waals surface area contributed by atoms with E-state index in [1.165, 1.54) is 38.5 Å². The maximum absolute atomic E-state index is 10.1. The van der Waals surface area contributed by atoms with Gasteiger partial charge in [-0.15, -0.1) is 13.2 Å². The van der Waals surface area contributed by atoms with Gasteiger partial charge >= 0.3 is 27.3 Å². The van der Waals surface area contributed by atoms with Crippen LogP contribution in [0, 0.1) is 0 Å². The van der Waals surface area contributed by atoms with Gasteiger partial charge in [-0.3, -0.25) is 0 Å². The third kappa shape index (κ3) is 36.9. The van der Waals surface area contributed by atoms with E-state index < -0.39 is 11.9 Å². The zero-order chi connectivity index (χ0) is 19.9. The first-order valence-electron chi connectivity index (χ1n) is 10.2. The monoisotopic (exact) mass is 576 g/mol. The summed E-state index contributed by atoms with van der Waals surface area (Å²) >= 11 is 0. The predicted molar refractivity (Wildman–Crippen MR) is 113 cm³/mol. The molecule has 0 fully saturated rings. The van der Waals surface area contributed by atoms with E-state index in [0.717, 1.165) is 51.4 Å². The van der Waals surface area contributed by atoms with Crippen molar-refractivity contribution >= 4 is 39.2 Å². The molecule has 27 heavy (non-hydrogen) atoms. The Bertz CT molecular complexity index is 322. The van der Waals surface area contributed by atoms with E-state index in [2.05, 4.69) is 13.2 Å². The standard InChI is InChI=1S/2C11H20O2.Pb.2H/c2*1-2-3-4-5-6-7-8-9-10-11(12)13;;;/h2*2H,1,3-10H2,(H,12,13);;;/q;;+2;;/p-2. The molecule has 0 heterocycles. The summed E-state index contributed by atoms with van der Waals surface area (Å²) in [4.78, 5) is 20.1. The molecule has 0 radical (unpaired) electrons. The zero-order valence-corrected chi connectivity index (χ0v) is 22.7. The zero-order valence-electron chi connectivity index (χ0n) is 17.2. The maximum atomic E-state index is 10.1. The first-order valence-corrected chi connectivity index (χ1v) is 10.2. The van der Waals surface area contributed by atoms with E-state index in [1.54, 1.807) is 0 Å². The normalized spacial score (nSPS) is 9.48. The minimum absolute atomic E-state index is 0. The van der Waals surface area contributed by atoms with Crippen LogP contribution in [0.3, 0.4) is 0 Å². The second kappa shape index (κ2) is 27.6. The fraction of sp³-hybridized carbons (Fsp3) is 0.727. The van der Waals surface area contributed by atoms with Crippen LogP contribution in [-0.4, -0.2) is 39.2 Å². The van der Waals surface area contributed by atoms with Crippen LogP contribution in [0.15, 0.2) is 25.3 Å². The Hall–Kier alpha value is -0.658. The number of carboxylic acids is 2. The van der Waals surface area contributed by atoms with E-state index in [1.807, 2.05) is 12.2 Å². The molecular weight excluding hydrogens is 535 g/mol. The summed E-state index contributed by atoms with van der Waals surface area (Å²) in [5.74, 6) is -1.85. The van der Waals surface area contributed by atoms with Crippen molar-refractivity contribution < 1.29 is 19.8 Å². The number of unbranched alkanes of at least 4 members (excludes halogenated alkanes) is 12. The van der Waals surface area contributed by atoms with Crippen molar-refractivity contribution in [1.82, 2.24) is 0 Å². The number of rotatable bonds is 18. The third-order valence-corrected chi connectivity index (χ3v) is 4.08. The summed E-state index contributed by atoms with van der Waals surface area (Å²) in [5, 5.41) is 20.1. The number of hydrogen-bond donors (Lipinski definition) is 0. The van der Waals surface area contributed by atoms with Gasteiger partial charge in [-0.25, -0.2) is 0 Å². The molecule has 0 saturated heterocycles. The van der Waals surface area contributed by atoms with Gasteiger partial charge in [-0.1, -0.05) is 63.5 Å². The Kier molecular flexibility index (Phi) is 31.7. The van der Waals surface area contributed by atoms with Gasteiger partial charge in [0.2, 0.25) is 0 Å². The van der Waals surface area contributed by atoms with Gasteiger partial charge in [0.25, 0.3) is 0 Å². The van der Waals surface area contributed by atoms with Crippen molar-refractivity contribution in [1.29, 1.82) is 0 Å². The summed E-state index contributed by atoms with van der Waals surface area (Å²) in [6.07, 6.45) is 19.7. The number of allylic oxidation sites excluding steroid dienone is 2. The fourth-order valence-corrected chi connectivity index (χ4v) is 2.53. The van der Waals surface area contributed by atoms with Crippen molar-refractivity contribution in [3.63, 3.8) is 0 Å². The summed E-state index contributed by atoms with van der Waals surface area (Å²) in [6.45, 7) is 7.31. The molecular formula is C22H40O4Pb. The Labute approximate surface area is 186 Å². The van der Waals surface area contributed by atoms with Crippen LogP contribution >= 0.6 is 0 Å². The SMILES string of the molecule is C=CCCCCCCCCC(=O)[O-].C=CCCCCCCCCC(=O)[O-].[PbH2+2]. The molecule has 0 rings (SSSR count). The van der Waals surface area contributed by atoms with Gasteiger partial charge < -0.3 is 19.8 Å². The predicted octanol–water partition coefficient (Wildman–Crippen LogP) is 3.17. The molecule has 0 aliphatic rings. The van der Waals surface area contributed by atoms with Gasteiger partial charge in [0, 0.05) is 11.9 Å². The van der Waals surface area contributed by atoms with E-state index in [9.17, 15) is 19.8 Å². The van der Waals surface area contributed by atoms with Crippen molar-refractivity contribution in [2.45, 2.75) is 103 Å². The van der Waals surface area contributed by atoms with E-state index in [-0.39, 0.29) is 40.1 Å². The Morgan fingerprint density at radius 2 is 0.815 bits per heavy atom. The number of carboxylic acid groups (broad SMARTS) is 2. The molecule has 0 atom stereocenters. The number of carbonyl (C=O) groups excluding carboxylic acids is 2. The summed E-state index contributed by atoms with van der Waals surface area (Å²) in [7, 11) is 0. The molecule has 0 bridgehead atoms. The van der Waals surface area contributed by atoms with Crippen LogP contribution in [-0.2, 0) is 9.59 Å². The molecule has 0 unspecified atom stereocenters. The molecule has 0 saturated carbocycles.